The average molecular weight is 239 g/mol. The highest BCUT2D eigenvalue weighted by molar-refractivity contribution is 5.69. The third-order valence-electron chi connectivity index (χ3n) is 2.80. The first-order valence-electron chi connectivity index (χ1n) is 5.74. The summed E-state index contributed by atoms with van der Waals surface area (Å²) in [6.45, 7) is 6.83. The molecule has 1 heterocycles. The minimum absolute atomic E-state index is 0.0634. The molecule has 1 rings (SSSR count). The van der Waals surface area contributed by atoms with Gasteiger partial charge in [-0.05, 0) is 20.8 Å². The van der Waals surface area contributed by atoms with Crippen LogP contribution < -0.4 is 0 Å². The highest BCUT2D eigenvalue weighted by atomic mass is 16.4. The molecule has 0 radical (unpaired) electrons. The molecule has 0 aliphatic rings. The van der Waals surface area contributed by atoms with Crippen LogP contribution in [0.3, 0.4) is 0 Å². The Labute approximate surface area is 102 Å². The first-order valence-corrected chi connectivity index (χ1v) is 5.74. The van der Waals surface area contributed by atoms with Crippen LogP contribution in [0.15, 0.2) is 12.4 Å². The summed E-state index contributed by atoms with van der Waals surface area (Å²) in [7, 11) is 1.95. The predicted molar refractivity (Wildman–Crippen MR) is 65.9 cm³/mol. The van der Waals surface area contributed by atoms with Gasteiger partial charge in [0.05, 0.1) is 6.54 Å². The van der Waals surface area contributed by atoms with Gasteiger partial charge in [-0.25, -0.2) is 4.98 Å². The van der Waals surface area contributed by atoms with Gasteiger partial charge < -0.3 is 9.67 Å². The molecule has 0 bridgehead atoms. The molecule has 0 unspecified atom stereocenters. The fourth-order valence-corrected chi connectivity index (χ4v) is 1.69. The minimum atomic E-state index is -0.792. The molecule has 1 aromatic heterocycles. The van der Waals surface area contributed by atoms with Gasteiger partial charge >= 0.3 is 5.97 Å². The molecule has 0 aliphatic heterocycles. The van der Waals surface area contributed by atoms with E-state index < -0.39 is 5.97 Å². The number of carbonyl (C=O) groups is 1. The fraction of sp³-hybridized carbons (Fsp3) is 0.667. The summed E-state index contributed by atoms with van der Waals surface area (Å²) in [6, 6.07) is 0. The maximum Gasteiger partial charge on any atom is 0.317 e. The molecule has 0 fully saturated rings. The van der Waals surface area contributed by atoms with Crippen LogP contribution in [0.4, 0.5) is 0 Å². The number of carboxylic acid groups (broad SMARTS) is 1. The Morgan fingerprint density at radius 2 is 2.18 bits per heavy atom. The van der Waals surface area contributed by atoms with Crippen molar-refractivity contribution in [2.45, 2.75) is 32.7 Å². The smallest absolute Gasteiger partial charge is 0.317 e. The van der Waals surface area contributed by atoms with E-state index in [1.54, 1.807) is 6.20 Å². The van der Waals surface area contributed by atoms with E-state index in [1.807, 2.05) is 43.5 Å². The first kappa shape index (κ1) is 13.7. The zero-order chi connectivity index (χ0) is 13.1. The van der Waals surface area contributed by atoms with Crippen molar-refractivity contribution in [1.82, 2.24) is 14.5 Å². The van der Waals surface area contributed by atoms with Crippen molar-refractivity contribution in [1.29, 1.82) is 0 Å². The maximum absolute atomic E-state index is 10.8. The van der Waals surface area contributed by atoms with E-state index in [1.165, 1.54) is 0 Å². The topological polar surface area (TPSA) is 58.4 Å². The van der Waals surface area contributed by atoms with Crippen LogP contribution in [0.5, 0.6) is 0 Å². The lowest BCUT2D eigenvalue weighted by atomic mass is 10.1. The van der Waals surface area contributed by atoms with Gasteiger partial charge in [0.1, 0.15) is 5.82 Å². The van der Waals surface area contributed by atoms with E-state index in [2.05, 4.69) is 4.98 Å². The second kappa shape index (κ2) is 5.31. The minimum Gasteiger partial charge on any atom is -0.480 e. The zero-order valence-corrected chi connectivity index (χ0v) is 11.0. The molecule has 0 atom stereocenters. The van der Waals surface area contributed by atoms with Crippen molar-refractivity contribution in [2.75, 3.05) is 13.1 Å². The van der Waals surface area contributed by atoms with Crippen molar-refractivity contribution in [3.8, 4) is 0 Å². The van der Waals surface area contributed by atoms with Gasteiger partial charge in [-0.15, -0.1) is 0 Å². The summed E-state index contributed by atoms with van der Waals surface area (Å²) in [5, 5.41) is 8.90. The van der Waals surface area contributed by atoms with E-state index in [0.717, 1.165) is 12.2 Å². The Kier molecular flexibility index (Phi) is 4.28. The summed E-state index contributed by atoms with van der Waals surface area (Å²) in [5.74, 6) is 0.185. The van der Waals surface area contributed by atoms with Gasteiger partial charge in [0.25, 0.3) is 0 Å². The van der Waals surface area contributed by atoms with Crippen LogP contribution in [-0.4, -0.2) is 44.2 Å². The number of imidazole rings is 1. The van der Waals surface area contributed by atoms with Crippen molar-refractivity contribution >= 4 is 5.97 Å². The molecule has 1 N–H and O–H groups in total. The molecule has 0 saturated carbocycles. The predicted octanol–water partition coefficient (Wildman–Crippen LogP) is 1.15. The lowest BCUT2D eigenvalue weighted by molar-refractivity contribution is -0.139. The van der Waals surface area contributed by atoms with Crippen molar-refractivity contribution in [3.05, 3.63) is 18.2 Å². The Bertz CT molecular complexity index is 379. The first-order chi connectivity index (χ1) is 7.80. The van der Waals surface area contributed by atoms with E-state index in [4.69, 9.17) is 5.11 Å². The van der Waals surface area contributed by atoms with E-state index in [0.29, 0.717) is 6.54 Å². The Morgan fingerprint density at radius 1 is 1.53 bits per heavy atom. The van der Waals surface area contributed by atoms with Crippen LogP contribution in [0.2, 0.25) is 0 Å². The van der Waals surface area contributed by atoms with Crippen molar-refractivity contribution in [2.24, 2.45) is 7.05 Å². The molecular formula is C12H21N3O2. The van der Waals surface area contributed by atoms with E-state index in [-0.39, 0.29) is 12.1 Å². The molecule has 0 aliphatic carbocycles. The quantitative estimate of drug-likeness (QED) is 0.837. The van der Waals surface area contributed by atoms with Gasteiger partial charge in [0, 0.05) is 37.9 Å². The molecule has 5 heteroatoms. The number of nitrogens with zero attached hydrogens (tertiary/aromatic N) is 3. The third-order valence-corrected chi connectivity index (χ3v) is 2.80. The number of aromatic nitrogens is 2. The SMILES string of the molecule is Cn1ccnc1CCN(CC(=O)O)C(C)(C)C. The fourth-order valence-electron chi connectivity index (χ4n) is 1.69. The maximum atomic E-state index is 10.8. The number of carboxylic acids is 1. The number of aliphatic carboxylic acids is 1. The molecule has 0 saturated heterocycles. The summed E-state index contributed by atoms with van der Waals surface area (Å²) in [5.41, 5.74) is -0.149. The van der Waals surface area contributed by atoms with Crippen LogP contribution in [-0.2, 0) is 18.3 Å². The van der Waals surface area contributed by atoms with Crippen LogP contribution in [0, 0.1) is 0 Å². The molecule has 5 nitrogen and oxygen atoms in total. The lowest BCUT2D eigenvalue weighted by Gasteiger charge is -2.34. The summed E-state index contributed by atoms with van der Waals surface area (Å²) in [4.78, 5) is 17.0. The number of hydrogen-bond donors (Lipinski definition) is 1. The largest absolute Gasteiger partial charge is 0.480 e. The Balaban J connectivity index is 2.61. The Hall–Kier alpha value is -1.36. The normalized spacial score (nSPS) is 12.1. The zero-order valence-electron chi connectivity index (χ0n) is 11.0. The monoisotopic (exact) mass is 239 g/mol. The van der Waals surface area contributed by atoms with Gasteiger partial charge in [-0.1, -0.05) is 0 Å². The molecular weight excluding hydrogens is 218 g/mol. The Morgan fingerprint density at radius 3 is 2.59 bits per heavy atom. The molecule has 1 aromatic rings. The highest BCUT2D eigenvalue weighted by Crippen LogP contribution is 2.13. The molecule has 0 aromatic carbocycles. The second-order valence-corrected chi connectivity index (χ2v) is 5.19. The highest BCUT2D eigenvalue weighted by Gasteiger charge is 2.23. The average Bonchev–Trinajstić information content (AvgIpc) is 2.56. The number of aryl methyl sites for hydroxylation is 1. The molecule has 17 heavy (non-hydrogen) atoms. The standard InChI is InChI=1S/C12H21N3O2/c1-12(2,3)15(9-11(16)17)7-5-10-13-6-8-14(10)4/h6,8H,5,7,9H2,1-4H3,(H,16,17). The van der Waals surface area contributed by atoms with E-state index >= 15 is 0 Å². The van der Waals surface area contributed by atoms with Gasteiger partial charge in [-0.3, -0.25) is 9.69 Å². The van der Waals surface area contributed by atoms with Crippen LogP contribution >= 0.6 is 0 Å². The van der Waals surface area contributed by atoms with Crippen molar-refractivity contribution < 1.29 is 9.90 Å². The summed E-state index contributed by atoms with van der Waals surface area (Å²) < 4.78 is 1.96. The summed E-state index contributed by atoms with van der Waals surface area (Å²) >= 11 is 0. The number of rotatable bonds is 5. The number of hydrogen-bond acceptors (Lipinski definition) is 3. The van der Waals surface area contributed by atoms with Crippen molar-refractivity contribution in [3.63, 3.8) is 0 Å². The lowest BCUT2D eigenvalue weighted by Crippen LogP contribution is -2.45. The third kappa shape index (κ3) is 4.19. The van der Waals surface area contributed by atoms with Crippen LogP contribution in [0.1, 0.15) is 26.6 Å². The molecule has 96 valence electrons. The molecule has 0 amide bonds. The van der Waals surface area contributed by atoms with Gasteiger partial charge in [0.15, 0.2) is 0 Å². The van der Waals surface area contributed by atoms with Gasteiger partial charge in [0.2, 0.25) is 0 Å². The van der Waals surface area contributed by atoms with Gasteiger partial charge in [-0.2, -0.15) is 0 Å². The van der Waals surface area contributed by atoms with E-state index in [9.17, 15) is 4.79 Å². The summed E-state index contributed by atoms with van der Waals surface area (Å²) in [6.07, 6.45) is 4.41. The van der Waals surface area contributed by atoms with Crippen LogP contribution in [0.25, 0.3) is 0 Å². The second-order valence-electron chi connectivity index (χ2n) is 5.19. The molecule has 0 spiro atoms.